The molecule has 0 unspecified atom stereocenters. The number of amides is 1. The van der Waals surface area contributed by atoms with E-state index in [1.165, 1.54) is 35.0 Å². The van der Waals surface area contributed by atoms with Crippen LogP contribution in [0.2, 0.25) is 0 Å². The number of sulfone groups is 1. The van der Waals surface area contributed by atoms with Crippen molar-refractivity contribution in [3.05, 3.63) is 92.0 Å². The van der Waals surface area contributed by atoms with Crippen LogP contribution in [0.3, 0.4) is 0 Å². The molecule has 1 aliphatic heterocycles. The van der Waals surface area contributed by atoms with Crippen LogP contribution in [0.5, 0.6) is 0 Å². The number of para-hydroxylation sites is 1. The van der Waals surface area contributed by atoms with Gasteiger partial charge in [0, 0.05) is 23.1 Å². The van der Waals surface area contributed by atoms with Gasteiger partial charge in [0.1, 0.15) is 17.0 Å². The van der Waals surface area contributed by atoms with Crippen LogP contribution >= 0.6 is 0 Å². The van der Waals surface area contributed by atoms with E-state index in [-0.39, 0.29) is 34.3 Å². The molecule has 33 heavy (non-hydrogen) atoms. The van der Waals surface area contributed by atoms with Gasteiger partial charge in [0.15, 0.2) is 9.84 Å². The van der Waals surface area contributed by atoms with Crippen LogP contribution in [0.25, 0.3) is 16.7 Å². The van der Waals surface area contributed by atoms with E-state index < -0.39 is 26.3 Å². The van der Waals surface area contributed by atoms with Gasteiger partial charge in [-0.2, -0.15) is 5.10 Å². The lowest BCUT2D eigenvalue weighted by Gasteiger charge is -2.11. The molecule has 2 aromatic heterocycles. The number of non-ortho nitro benzene ring substituents is 1. The quantitative estimate of drug-likeness (QED) is 0.273. The molecule has 1 N–H and O–H groups in total. The van der Waals surface area contributed by atoms with Crippen molar-refractivity contribution < 1.29 is 22.6 Å². The molecule has 3 heterocycles. The molecule has 0 spiro atoms. The maximum Gasteiger partial charge on any atom is 0.349 e. The van der Waals surface area contributed by atoms with Crippen molar-refractivity contribution in [1.82, 2.24) is 9.78 Å². The van der Waals surface area contributed by atoms with E-state index in [0.29, 0.717) is 22.2 Å². The van der Waals surface area contributed by atoms with E-state index in [9.17, 15) is 28.1 Å². The highest BCUT2D eigenvalue weighted by atomic mass is 32.2. The summed E-state index contributed by atoms with van der Waals surface area (Å²) in [5, 5.41) is 18.4. The van der Waals surface area contributed by atoms with Gasteiger partial charge in [-0.25, -0.2) is 17.9 Å². The number of nitrogens with one attached hydrogen (secondary N) is 1. The highest BCUT2D eigenvalue weighted by molar-refractivity contribution is 7.90. The zero-order valence-electron chi connectivity index (χ0n) is 16.7. The number of benzene rings is 2. The van der Waals surface area contributed by atoms with Crippen molar-refractivity contribution in [2.75, 3.05) is 5.32 Å². The SMILES string of the molecule is O=C(Nc1c2c(nn1-c1ccc([N+](=O)[O-])cc1)CS(=O)(=O)C2)c1cc2ccccc2oc1=O. The van der Waals surface area contributed by atoms with Gasteiger partial charge in [-0.05, 0) is 24.3 Å². The Morgan fingerprint density at radius 2 is 1.85 bits per heavy atom. The average molecular weight is 466 g/mol. The first-order chi connectivity index (χ1) is 15.7. The third-order valence-electron chi connectivity index (χ3n) is 5.21. The Morgan fingerprint density at radius 1 is 1.12 bits per heavy atom. The highest BCUT2D eigenvalue weighted by Crippen LogP contribution is 2.33. The minimum Gasteiger partial charge on any atom is -0.422 e. The summed E-state index contributed by atoms with van der Waals surface area (Å²) in [6.07, 6.45) is 0. The van der Waals surface area contributed by atoms with Gasteiger partial charge in [-0.3, -0.25) is 14.9 Å². The number of hydrogen-bond donors (Lipinski definition) is 1. The zero-order chi connectivity index (χ0) is 23.3. The molecule has 0 saturated heterocycles. The lowest BCUT2D eigenvalue weighted by Crippen LogP contribution is -2.23. The van der Waals surface area contributed by atoms with Crippen LogP contribution in [0.1, 0.15) is 21.6 Å². The van der Waals surface area contributed by atoms with E-state index in [0.717, 1.165) is 0 Å². The summed E-state index contributed by atoms with van der Waals surface area (Å²) in [6, 6.07) is 13.5. The fourth-order valence-electron chi connectivity index (χ4n) is 3.67. The summed E-state index contributed by atoms with van der Waals surface area (Å²) in [4.78, 5) is 35.8. The van der Waals surface area contributed by atoms with Crippen LogP contribution in [-0.4, -0.2) is 29.0 Å². The van der Waals surface area contributed by atoms with E-state index in [2.05, 4.69) is 10.4 Å². The van der Waals surface area contributed by atoms with Crippen molar-refractivity contribution >= 4 is 38.2 Å². The summed E-state index contributed by atoms with van der Waals surface area (Å²) in [6.45, 7) is 0. The summed E-state index contributed by atoms with van der Waals surface area (Å²) < 4.78 is 30.8. The maximum atomic E-state index is 13.0. The first kappa shape index (κ1) is 20.6. The predicted octanol–water partition coefficient (Wildman–Crippen LogP) is 2.57. The smallest absolute Gasteiger partial charge is 0.349 e. The van der Waals surface area contributed by atoms with Gasteiger partial charge in [0.25, 0.3) is 11.6 Å². The molecular weight excluding hydrogens is 452 g/mol. The molecule has 0 bridgehead atoms. The van der Waals surface area contributed by atoms with Crippen LogP contribution in [0.15, 0.2) is 63.8 Å². The van der Waals surface area contributed by atoms with Gasteiger partial charge in [-0.15, -0.1) is 0 Å². The van der Waals surface area contributed by atoms with Crippen molar-refractivity contribution in [3.8, 4) is 5.69 Å². The minimum atomic E-state index is -3.44. The van der Waals surface area contributed by atoms with Gasteiger partial charge >= 0.3 is 5.63 Å². The molecule has 0 aliphatic carbocycles. The molecular formula is C21H14N4O7S. The molecule has 4 aromatic rings. The molecule has 1 amide bonds. The Kier molecular flexibility index (Phi) is 4.60. The van der Waals surface area contributed by atoms with E-state index >= 15 is 0 Å². The van der Waals surface area contributed by atoms with Crippen molar-refractivity contribution in [2.45, 2.75) is 11.5 Å². The number of fused-ring (bicyclic) bond motifs is 2. The molecule has 5 rings (SSSR count). The Balaban J connectivity index is 1.59. The van der Waals surface area contributed by atoms with Crippen molar-refractivity contribution in [2.24, 2.45) is 0 Å². The normalized spacial score (nSPS) is 14.2. The van der Waals surface area contributed by atoms with Crippen LogP contribution in [-0.2, 0) is 21.3 Å². The Labute approximate surface area is 185 Å². The number of nitrogens with zero attached hydrogens (tertiary/aromatic N) is 3. The van der Waals surface area contributed by atoms with E-state index in [1.807, 2.05) is 0 Å². The standard InChI is InChI=1S/C21H14N4O7S/c26-20(15-9-12-3-1-2-4-18(12)32-21(15)27)22-19-16-10-33(30,31)11-17(16)23-24(19)13-5-7-14(8-6-13)25(28)29/h1-9H,10-11H2,(H,22,26). The molecule has 1 aliphatic rings. The predicted molar refractivity (Wildman–Crippen MR) is 117 cm³/mol. The van der Waals surface area contributed by atoms with E-state index in [1.54, 1.807) is 24.3 Å². The number of hydrogen-bond acceptors (Lipinski definition) is 8. The third kappa shape index (κ3) is 3.65. The first-order valence-electron chi connectivity index (χ1n) is 9.62. The lowest BCUT2D eigenvalue weighted by molar-refractivity contribution is -0.384. The zero-order valence-corrected chi connectivity index (χ0v) is 17.5. The lowest BCUT2D eigenvalue weighted by atomic mass is 10.1. The van der Waals surface area contributed by atoms with Crippen molar-refractivity contribution in [3.63, 3.8) is 0 Å². The number of carbonyl (C=O) groups excluding carboxylic acids is 1. The minimum absolute atomic E-state index is 0.0671. The monoisotopic (exact) mass is 466 g/mol. The van der Waals surface area contributed by atoms with Gasteiger partial charge in [0.2, 0.25) is 0 Å². The molecule has 0 radical (unpaired) electrons. The van der Waals surface area contributed by atoms with Crippen LogP contribution in [0, 0.1) is 10.1 Å². The second-order valence-corrected chi connectivity index (χ2v) is 9.50. The Morgan fingerprint density at radius 3 is 2.58 bits per heavy atom. The van der Waals surface area contributed by atoms with Crippen molar-refractivity contribution in [1.29, 1.82) is 0 Å². The topological polar surface area (TPSA) is 154 Å². The molecule has 11 nitrogen and oxygen atoms in total. The first-order valence-corrected chi connectivity index (χ1v) is 11.4. The number of nitro groups is 1. The number of anilines is 1. The summed E-state index contributed by atoms with van der Waals surface area (Å²) in [5.41, 5.74) is -0.00622. The van der Waals surface area contributed by atoms with Crippen LogP contribution in [0.4, 0.5) is 11.5 Å². The fourth-order valence-corrected chi connectivity index (χ4v) is 5.16. The second-order valence-electron chi connectivity index (χ2n) is 7.43. The van der Waals surface area contributed by atoms with Gasteiger partial charge < -0.3 is 9.73 Å². The number of carbonyl (C=O) groups is 1. The molecule has 2 aromatic carbocycles. The molecule has 0 fully saturated rings. The summed E-state index contributed by atoms with van der Waals surface area (Å²) in [5.74, 6) is -1.37. The Hall–Kier alpha value is -4.32. The van der Waals surface area contributed by atoms with Crippen LogP contribution < -0.4 is 10.9 Å². The molecule has 0 saturated carbocycles. The maximum absolute atomic E-state index is 13.0. The number of nitro benzene ring substituents is 1. The van der Waals surface area contributed by atoms with Gasteiger partial charge in [0.05, 0.1) is 27.8 Å². The fraction of sp³-hybridized carbons (Fsp3) is 0.0952. The highest BCUT2D eigenvalue weighted by Gasteiger charge is 2.33. The summed E-state index contributed by atoms with van der Waals surface area (Å²) >= 11 is 0. The van der Waals surface area contributed by atoms with Gasteiger partial charge in [-0.1, -0.05) is 18.2 Å². The number of rotatable bonds is 4. The second kappa shape index (κ2) is 7.38. The largest absolute Gasteiger partial charge is 0.422 e. The number of aromatic nitrogens is 2. The molecule has 12 heteroatoms. The average Bonchev–Trinajstić information content (AvgIpc) is 3.25. The molecule has 0 atom stereocenters. The Bertz CT molecular complexity index is 1620. The van der Waals surface area contributed by atoms with E-state index in [4.69, 9.17) is 4.42 Å². The summed E-state index contributed by atoms with van der Waals surface area (Å²) in [7, 11) is -3.44. The molecule has 166 valence electrons. The third-order valence-corrected chi connectivity index (χ3v) is 6.65.